The third-order valence-corrected chi connectivity index (χ3v) is 5.03. The average Bonchev–Trinajstić information content (AvgIpc) is 2.94. The molecule has 1 atom stereocenters. The molecule has 0 saturated carbocycles. The van der Waals surface area contributed by atoms with Crippen LogP contribution in [0.4, 0.5) is 0 Å². The van der Waals surface area contributed by atoms with Gasteiger partial charge in [-0.2, -0.15) is 0 Å². The SMILES string of the molecule is CCCCCCCCCCCC1N(CCC)C=CN1CCCC. The molecule has 0 radical (unpaired) electrons. The summed E-state index contributed by atoms with van der Waals surface area (Å²) >= 11 is 0. The molecule has 0 spiro atoms. The number of hydrogen-bond acceptors (Lipinski definition) is 2. The van der Waals surface area contributed by atoms with Crippen LogP contribution in [0.15, 0.2) is 12.4 Å². The molecule has 23 heavy (non-hydrogen) atoms. The third-order valence-electron chi connectivity index (χ3n) is 5.03. The lowest BCUT2D eigenvalue weighted by Gasteiger charge is -2.33. The van der Waals surface area contributed by atoms with Crippen molar-refractivity contribution < 1.29 is 0 Å². The van der Waals surface area contributed by atoms with Crippen molar-refractivity contribution in [2.24, 2.45) is 0 Å². The number of nitrogens with zero attached hydrogens (tertiary/aromatic N) is 2. The molecular formula is C21H42N2. The van der Waals surface area contributed by atoms with Gasteiger partial charge in [-0.05, 0) is 25.7 Å². The van der Waals surface area contributed by atoms with Crippen LogP contribution in [0.5, 0.6) is 0 Å². The predicted octanol–water partition coefficient (Wildman–Crippen LogP) is 6.53. The Bertz CT molecular complexity index is 288. The van der Waals surface area contributed by atoms with Gasteiger partial charge < -0.3 is 9.80 Å². The maximum atomic E-state index is 2.59. The summed E-state index contributed by atoms with van der Waals surface area (Å²) in [6, 6.07) is 0. The summed E-state index contributed by atoms with van der Waals surface area (Å²) in [5, 5.41) is 0. The molecule has 0 aliphatic carbocycles. The van der Waals surface area contributed by atoms with Crippen LogP contribution in [-0.2, 0) is 0 Å². The molecule has 1 aliphatic heterocycles. The highest BCUT2D eigenvalue weighted by Gasteiger charge is 2.24. The molecule has 1 unspecified atom stereocenters. The van der Waals surface area contributed by atoms with Crippen LogP contribution in [0.1, 0.15) is 104 Å². The standard InChI is InChI=1S/C21H42N2/c1-4-7-9-10-11-12-13-14-15-16-21-22(17-6-3)19-20-23(21)18-8-5-2/h19-21H,4-18H2,1-3H3. The molecule has 1 heterocycles. The quantitative estimate of drug-likeness (QED) is 0.316. The van der Waals surface area contributed by atoms with E-state index in [1.54, 1.807) is 0 Å². The van der Waals surface area contributed by atoms with E-state index in [4.69, 9.17) is 0 Å². The van der Waals surface area contributed by atoms with Crippen molar-refractivity contribution in [3.05, 3.63) is 12.4 Å². The summed E-state index contributed by atoms with van der Waals surface area (Å²) < 4.78 is 0. The van der Waals surface area contributed by atoms with Crippen LogP contribution in [-0.4, -0.2) is 29.1 Å². The fraction of sp³-hybridized carbons (Fsp3) is 0.905. The van der Waals surface area contributed by atoms with E-state index in [1.165, 1.54) is 96.6 Å². The molecule has 1 aliphatic rings. The molecular weight excluding hydrogens is 280 g/mol. The van der Waals surface area contributed by atoms with Crippen LogP contribution in [0.3, 0.4) is 0 Å². The molecule has 0 aromatic rings. The minimum atomic E-state index is 0.644. The van der Waals surface area contributed by atoms with Crippen molar-refractivity contribution in [1.29, 1.82) is 0 Å². The predicted molar refractivity (Wildman–Crippen MR) is 103 cm³/mol. The van der Waals surface area contributed by atoms with Gasteiger partial charge in [0.05, 0.1) is 0 Å². The van der Waals surface area contributed by atoms with Gasteiger partial charge in [0.2, 0.25) is 0 Å². The Labute approximate surface area is 146 Å². The lowest BCUT2D eigenvalue weighted by Crippen LogP contribution is -2.39. The van der Waals surface area contributed by atoms with E-state index in [1.807, 2.05) is 0 Å². The van der Waals surface area contributed by atoms with Gasteiger partial charge in [-0.25, -0.2) is 0 Å². The van der Waals surface area contributed by atoms with Gasteiger partial charge in [0.1, 0.15) is 6.17 Å². The fourth-order valence-electron chi connectivity index (χ4n) is 3.58. The van der Waals surface area contributed by atoms with E-state index in [-0.39, 0.29) is 0 Å². The lowest BCUT2D eigenvalue weighted by atomic mass is 10.1. The first-order valence-corrected chi connectivity index (χ1v) is 10.5. The monoisotopic (exact) mass is 322 g/mol. The molecule has 0 aromatic heterocycles. The molecule has 136 valence electrons. The summed E-state index contributed by atoms with van der Waals surface area (Å²) in [5.41, 5.74) is 0. The minimum absolute atomic E-state index is 0.644. The molecule has 0 amide bonds. The molecule has 0 fully saturated rings. The topological polar surface area (TPSA) is 6.48 Å². The Kier molecular flexibility index (Phi) is 12.2. The van der Waals surface area contributed by atoms with Crippen molar-refractivity contribution in [2.75, 3.05) is 13.1 Å². The van der Waals surface area contributed by atoms with Gasteiger partial charge in [0.15, 0.2) is 0 Å². The van der Waals surface area contributed by atoms with E-state index in [0.29, 0.717) is 6.17 Å². The number of hydrogen-bond donors (Lipinski definition) is 0. The van der Waals surface area contributed by atoms with E-state index >= 15 is 0 Å². The normalized spacial score (nSPS) is 17.4. The first-order chi connectivity index (χ1) is 11.3. The van der Waals surface area contributed by atoms with Gasteiger partial charge >= 0.3 is 0 Å². The summed E-state index contributed by atoms with van der Waals surface area (Å²) in [5.74, 6) is 0. The van der Waals surface area contributed by atoms with Gasteiger partial charge in [-0.3, -0.25) is 0 Å². The van der Waals surface area contributed by atoms with Gasteiger partial charge in [0, 0.05) is 25.5 Å². The Morgan fingerprint density at radius 1 is 0.565 bits per heavy atom. The van der Waals surface area contributed by atoms with E-state index in [0.717, 1.165) is 0 Å². The Morgan fingerprint density at radius 2 is 1.09 bits per heavy atom. The third kappa shape index (κ3) is 8.67. The Balaban J connectivity index is 2.13. The lowest BCUT2D eigenvalue weighted by molar-refractivity contribution is 0.138. The van der Waals surface area contributed by atoms with Crippen molar-refractivity contribution >= 4 is 0 Å². The zero-order chi connectivity index (χ0) is 16.8. The van der Waals surface area contributed by atoms with Crippen LogP contribution in [0.25, 0.3) is 0 Å². The molecule has 0 saturated heterocycles. The Hall–Kier alpha value is -0.660. The average molecular weight is 323 g/mol. The van der Waals surface area contributed by atoms with Crippen LogP contribution >= 0.6 is 0 Å². The molecule has 0 bridgehead atoms. The largest absolute Gasteiger partial charge is 0.356 e. The molecule has 0 aromatic carbocycles. The van der Waals surface area contributed by atoms with Crippen molar-refractivity contribution in [2.45, 2.75) is 110 Å². The van der Waals surface area contributed by atoms with Crippen LogP contribution in [0, 0.1) is 0 Å². The number of rotatable bonds is 15. The van der Waals surface area contributed by atoms with E-state index in [9.17, 15) is 0 Å². The number of unbranched alkanes of at least 4 members (excludes halogenated alkanes) is 9. The maximum Gasteiger partial charge on any atom is 0.101 e. The summed E-state index contributed by atoms with van der Waals surface area (Å²) in [7, 11) is 0. The smallest absolute Gasteiger partial charge is 0.101 e. The van der Waals surface area contributed by atoms with Crippen LogP contribution in [0.2, 0.25) is 0 Å². The summed E-state index contributed by atoms with van der Waals surface area (Å²) in [6.07, 6.45) is 23.4. The van der Waals surface area contributed by atoms with E-state index in [2.05, 4.69) is 43.0 Å². The molecule has 2 heteroatoms. The maximum absolute atomic E-state index is 2.59. The highest BCUT2D eigenvalue weighted by atomic mass is 15.4. The van der Waals surface area contributed by atoms with Crippen molar-refractivity contribution in [1.82, 2.24) is 9.80 Å². The minimum Gasteiger partial charge on any atom is -0.356 e. The van der Waals surface area contributed by atoms with Gasteiger partial charge in [0.25, 0.3) is 0 Å². The van der Waals surface area contributed by atoms with Crippen LogP contribution < -0.4 is 0 Å². The summed E-state index contributed by atoms with van der Waals surface area (Å²) in [6.45, 7) is 9.32. The second-order valence-corrected chi connectivity index (χ2v) is 7.23. The first kappa shape index (κ1) is 20.4. The zero-order valence-electron chi connectivity index (χ0n) is 16.2. The second-order valence-electron chi connectivity index (χ2n) is 7.23. The Morgan fingerprint density at radius 3 is 1.65 bits per heavy atom. The van der Waals surface area contributed by atoms with Gasteiger partial charge in [-0.15, -0.1) is 0 Å². The van der Waals surface area contributed by atoms with Crippen molar-refractivity contribution in [3.63, 3.8) is 0 Å². The first-order valence-electron chi connectivity index (χ1n) is 10.5. The van der Waals surface area contributed by atoms with E-state index < -0.39 is 0 Å². The second kappa shape index (κ2) is 13.7. The summed E-state index contributed by atoms with van der Waals surface area (Å²) in [4.78, 5) is 5.16. The fourth-order valence-corrected chi connectivity index (χ4v) is 3.58. The highest BCUT2D eigenvalue weighted by molar-refractivity contribution is 4.96. The van der Waals surface area contributed by atoms with Crippen molar-refractivity contribution in [3.8, 4) is 0 Å². The highest BCUT2D eigenvalue weighted by Crippen LogP contribution is 2.22. The zero-order valence-corrected chi connectivity index (χ0v) is 16.2. The molecule has 2 nitrogen and oxygen atoms in total. The van der Waals surface area contributed by atoms with Gasteiger partial charge in [-0.1, -0.05) is 78.6 Å². The molecule has 1 rings (SSSR count). The molecule has 0 N–H and O–H groups in total.